The molecule has 1 rings (SSSR count). The van der Waals surface area contributed by atoms with Gasteiger partial charge in [-0.2, -0.15) is 5.26 Å². The molecule has 0 spiro atoms. The molecule has 0 unspecified atom stereocenters. The van der Waals surface area contributed by atoms with Gasteiger partial charge in [0.2, 0.25) is 0 Å². The molecule has 0 aromatic carbocycles. The first-order valence-electron chi connectivity index (χ1n) is 4.00. The fourth-order valence-electron chi connectivity index (χ4n) is 1.12. The van der Waals surface area contributed by atoms with Gasteiger partial charge in [-0.25, -0.2) is 22.2 Å². The highest BCUT2D eigenvalue weighted by Gasteiger charge is 2.33. The molecule has 0 bridgehead atoms. The topological polar surface area (TPSA) is 114 Å². The zero-order chi connectivity index (χ0) is 14.1. The lowest BCUT2D eigenvalue weighted by atomic mass is 10.2. The minimum absolute atomic E-state index is 0.451. The summed E-state index contributed by atoms with van der Waals surface area (Å²) in [7, 11) is 0.116. The molecule has 18 heavy (non-hydrogen) atoms. The molecule has 0 aliphatic rings. The van der Waals surface area contributed by atoms with Crippen LogP contribution in [0.2, 0.25) is 0 Å². The lowest BCUT2D eigenvalue weighted by molar-refractivity contribution is -0.386. The van der Waals surface area contributed by atoms with Gasteiger partial charge < -0.3 is 0 Å². The van der Waals surface area contributed by atoms with E-state index in [1.54, 1.807) is 0 Å². The van der Waals surface area contributed by atoms with E-state index < -0.39 is 42.4 Å². The molecule has 0 saturated heterocycles. The normalized spacial score (nSPS) is 11.3. The molecule has 0 N–H and O–H groups in total. The third-order valence-electron chi connectivity index (χ3n) is 1.76. The lowest BCUT2D eigenvalue weighted by Gasteiger charge is -2.06. The largest absolute Gasteiger partial charge is 0.284 e. The van der Waals surface area contributed by atoms with Crippen LogP contribution in [0, 0.1) is 21.4 Å². The number of aromatic nitrogens is 1. The highest BCUT2D eigenvalue weighted by atomic mass is 35.7. The van der Waals surface area contributed by atoms with Gasteiger partial charge in [0.05, 0.1) is 11.0 Å². The average molecular weight is 298 g/mol. The molecule has 0 aliphatic carbocycles. The number of pyridine rings is 1. The van der Waals surface area contributed by atoms with E-state index in [2.05, 4.69) is 4.98 Å². The molecular weight excluding hydrogens is 296 g/mol. The number of nitro groups is 1. The van der Waals surface area contributed by atoms with Crippen molar-refractivity contribution in [3.8, 4) is 6.07 Å². The number of hydrogen-bond donors (Lipinski definition) is 0. The van der Waals surface area contributed by atoms with Crippen molar-refractivity contribution in [2.75, 3.05) is 0 Å². The molecule has 96 valence electrons. The summed E-state index contributed by atoms with van der Waals surface area (Å²) in [5, 5.41) is 17.7. The van der Waals surface area contributed by atoms with Gasteiger partial charge in [-0.3, -0.25) is 10.1 Å². The lowest BCUT2D eigenvalue weighted by Crippen LogP contribution is -2.08. The van der Waals surface area contributed by atoms with E-state index in [0.717, 1.165) is 0 Å². The first-order valence-corrected chi connectivity index (χ1v) is 6.31. The Hall–Kier alpha value is -1.86. The van der Waals surface area contributed by atoms with Gasteiger partial charge in [-0.15, -0.1) is 0 Å². The first kappa shape index (κ1) is 14.2. The van der Waals surface area contributed by atoms with E-state index in [1.165, 1.54) is 6.07 Å². The Bertz CT molecular complexity index is 655. The van der Waals surface area contributed by atoms with Gasteiger partial charge in [0.25, 0.3) is 21.2 Å². The van der Waals surface area contributed by atoms with Crippen LogP contribution in [0.5, 0.6) is 0 Å². The molecular formula is C7H2ClF2N3O4S. The van der Waals surface area contributed by atoms with Gasteiger partial charge in [-0.05, 0) is 0 Å². The summed E-state index contributed by atoms with van der Waals surface area (Å²) in [4.78, 5) is 12.4. The molecule has 0 saturated carbocycles. The molecule has 1 heterocycles. The summed E-state index contributed by atoms with van der Waals surface area (Å²) in [6, 6.07) is 1.77. The van der Waals surface area contributed by atoms with Crippen molar-refractivity contribution in [1.82, 2.24) is 4.98 Å². The third kappa shape index (κ3) is 2.69. The Morgan fingerprint density at radius 3 is 2.44 bits per heavy atom. The number of hydrogen-bond acceptors (Lipinski definition) is 6. The quantitative estimate of drug-likeness (QED) is 0.477. The van der Waals surface area contributed by atoms with Crippen molar-refractivity contribution in [1.29, 1.82) is 5.26 Å². The van der Waals surface area contributed by atoms with Gasteiger partial charge in [0, 0.05) is 10.7 Å². The molecule has 0 amide bonds. The molecule has 0 radical (unpaired) electrons. The number of nitriles is 1. The number of nitrogens with zero attached hydrogens (tertiary/aromatic N) is 3. The van der Waals surface area contributed by atoms with Crippen LogP contribution in [0.4, 0.5) is 14.5 Å². The van der Waals surface area contributed by atoms with Crippen LogP contribution in [-0.4, -0.2) is 18.3 Å². The van der Waals surface area contributed by atoms with Crippen LogP contribution >= 0.6 is 10.7 Å². The minimum atomic E-state index is -4.74. The summed E-state index contributed by atoms with van der Waals surface area (Å²) in [6.45, 7) is 0. The molecule has 0 fully saturated rings. The van der Waals surface area contributed by atoms with Gasteiger partial charge >= 0.3 is 0 Å². The molecule has 7 nitrogen and oxygen atoms in total. The summed E-state index contributed by atoms with van der Waals surface area (Å²) in [5.41, 5.74) is -3.37. The van der Waals surface area contributed by atoms with Crippen LogP contribution in [-0.2, 0) is 9.05 Å². The number of halogens is 3. The highest BCUT2D eigenvalue weighted by Crippen LogP contribution is 2.35. The molecule has 11 heteroatoms. The SMILES string of the molecule is N#Cc1cc([N+](=O)[O-])c(C(F)F)c(S(=O)(=O)Cl)n1. The molecule has 1 aromatic heterocycles. The van der Waals surface area contributed by atoms with Crippen molar-refractivity contribution in [3.63, 3.8) is 0 Å². The van der Waals surface area contributed by atoms with Crippen molar-refractivity contribution in [2.24, 2.45) is 0 Å². The Balaban J connectivity index is 3.85. The molecule has 0 aliphatic heterocycles. The van der Waals surface area contributed by atoms with Crippen molar-refractivity contribution in [2.45, 2.75) is 11.5 Å². The summed E-state index contributed by atoms with van der Waals surface area (Å²) >= 11 is 0. The van der Waals surface area contributed by atoms with E-state index in [-0.39, 0.29) is 0 Å². The predicted octanol–water partition coefficient (Wildman–Crippen LogP) is 1.73. The monoisotopic (exact) mass is 297 g/mol. The van der Waals surface area contributed by atoms with Crippen molar-refractivity contribution < 1.29 is 22.1 Å². The summed E-state index contributed by atoms with van der Waals surface area (Å²) in [5.74, 6) is 0. The Morgan fingerprint density at radius 1 is 1.56 bits per heavy atom. The second kappa shape index (κ2) is 4.79. The van der Waals surface area contributed by atoms with E-state index in [0.29, 0.717) is 6.07 Å². The standard InChI is InChI=1S/C7H2ClF2N3O4S/c8-18(16,17)7-5(6(9)10)4(13(14)15)1-3(2-11)12-7/h1,6H. The number of alkyl halides is 2. The van der Waals surface area contributed by atoms with Crippen LogP contribution in [0.15, 0.2) is 11.1 Å². The fraction of sp³-hybridized carbons (Fsp3) is 0.143. The van der Waals surface area contributed by atoms with E-state index >= 15 is 0 Å². The van der Waals surface area contributed by atoms with Crippen LogP contribution in [0.25, 0.3) is 0 Å². The second-order valence-corrected chi connectivity index (χ2v) is 5.33. The Labute approximate surface area is 103 Å². The minimum Gasteiger partial charge on any atom is -0.258 e. The average Bonchev–Trinajstić information content (AvgIpc) is 2.25. The first-order chi connectivity index (χ1) is 8.18. The maximum Gasteiger partial charge on any atom is 0.284 e. The molecule has 0 atom stereocenters. The smallest absolute Gasteiger partial charge is 0.258 e. The van der Waals surface area contributed by atoms with E-state index in [1.807, 2.05) is 0 Å². The Kier molecular flexibility index (Phi) is 3.78. The zero-order valence-electron chi connectivity index (χ0n) is 8.17. The third-order valence-corrected chi connectivity index (χ3v) is 2.97. The van der Waals surface area contributed by atoms with E-state index in [9.17, 15) is 27.3 Å². The highest BCUT2D eigenvalue weighted by molar-refractivity contribution is 8.13. The number of rotatable bonds is 3. The van der Waals surface area contributed by atoms with Gasteiger partial charge in [0.15, 0.2) is 5.03 Å². The van der Waals surface area contributed by atoms with E-state index in [4.69, 9.17) is 15.9 Å². The Morgan fingerprint density at radius 2 is 2.11 bits per heavy atom. The maximum atomic E-state index is 12.7. The van der Waals surface area contributed by atoms with Crippen molar-refractivity contribution in [3.05, 3.63) is 27.4 Å². The fourth-order valence-corrected chi connectivity index (χ4v) is 2.13. The van der Waals surface area contributed by atoms with Crippen LogP contribution < -0.4 is 0 Å². The zero-order valence-corrected chi connectivity index (χ0v) is 9.74. The molecule has 1 aromatic rings. The van der Waals surface area contributed by atoms with Crippen molar-refractivity contribution >= 4 is 25.4 Å². The second-order valence-electron chi connectivity index (χ2n) is 2.85. The predicted molar refractivity (Wildman–Crippen MR) is 53.6 cm³/mol. The summed E-state index contributed by atoms with van der Waals surface area (Å²) in [6.07, 6.45) is -3.48. The summed E-state index contributed by atoms with van der Waals surface area (Å²) < 4.78 is 47.4. The maximum absolute atomic E-state index is 12.7. The van der Waals surface area contributed by atoms with Crippen LogP contribution in [0.1, 0.15) is 17.7 Å². The van der Waals surface area contributed by atoms with Gasteiger partial charge in [0.1, 0.15) is 17.3 Å². The van der Waals surface area contributed by atoms with Gasteiger partial charge in [-0.1, -0.05) is 0 Å². The van der Waals surface area contributed by atoms with Crippen LogP contribution in [0.3, 0.4) is 0 Å².